The number of nitrogens with zero attached hydrogens (tertiary/aromatic N) is 5. The highest BCUT2D eigenvalue weighted by Crippen LogP contribution is 2.22. The predicted molar refractivity (Wildman–Crippen MR) is 94.9 cm³/mol. The molecule has 3 aromatic rings. The van der Waals surface area contributed by atoms with Crippen molar-refractivity contribution < 1.29 is 9.18 Å². The van der Waals surface area contributed by atoms with Crippen molar-refractivity contribution in [2.75, 3.05) is 7.05 Å². The van der Waals surface area contributed by atoms with Crippen LogP contribution in [0.3, 0.4) is 0 Å². The molecule has 0 aliphatic heterocycles. The highest BCUT2D eigenvalue weighted by molar-refractivity contribution is 6.31. The summed E-state index contributed by atoms with van der Waals surface area (Å²) in [5, 5.41) is 11.4. The van der Waals surface area contributed by atoms with Gasteiger partial charge < -0.3 is 4.90 Å². The SMILES string of the molecule is CN(Cc1c(F)cccc1Cl)C(=O)[C@H](Cc1ccccc1)n1cnnn1. The first-order chi connectivity index (χ1) is 12.6. The van der Waals surface area contributed by atoms with Crippen LogP contribution in [-0.4, -0.2) is 38.1 Å². The van der Waals surface area contributed by atoms with E-state index in [9.17, 15) is 9.18 Å². The molecular formula is C18H17ClFN5O. The monoisotopic (exact) mass is 373 g/mol. The van der Waals surface area contributed by atoms with Gasteiger partial charge in [0, 0.05) is 30.6 Å². The van der Waals surface area contributed by atoms with E-state index in [0.29, 0.717) is 6.42 Å². The Morgan fingerprint density at radius 2 is 2.00 bits per heavy atom. The van der Waals surface area contributed by atoms with Crippen molar-refractivity contribution in [1.29, 1.82) is 0 Å². The van der Waals surface area contributed by atoms with Crippen LogP contribution in [0.2, 0.25) is 5.02 Å². The number of benzene rings is 2. The maximum absolute atomic E-state index is 14.0. The molecule has 26 heavy (non-hydrogen) atoms. The maximum atomic E-state index is 14.0. The van der Waals surface area contributed by atoms with Crippen molar-refractivity contribution in [3.05, 3.63) is 76.8 Å². The molecule has 1 heterocycles. The van der Waals surface area contributed by atoms with Gasteiger partial charge in [-0.2, -0.15) is 0 Å². The summed E-state index contributed by atoms with van der Waals surface area (Å²) in [6, 6.07) is 13.4. The van der Waals surface area contributed by atoms with E-state index in [1.807, 2.05) is 30.3 Å². The molecule has 1 atom stereocenters. The molecule has 0 saturated heterocycles. The van der Waals surface area contributed by atoms with Crippen LogP contribution in [0, 0.1) is 5.82 Å². The molecule has 3 rings (SSSR count). The van der Waals surface area contributed by atoms with E-state index in [1.54, 1.807) is 13.1 Å². The lowest BCUT2D eigenvalue weighted by Gasteiger charge is -2.24. The molecule has 0 unspecified atom stereocenters. The Bertz CT molecular complexity index is 852. The van der Waals surface area contributed by atoms with E-state index >= 15 is 0 Å². The quantitative estimate of drug-likeness (QED) is 0.666. The van der Waals surface area contributed by atoms with Gasteiger partial charge in [0.2, 0.25) is 5.91 Å². The van der Waals surface area contributed by atoms with E-state index in [1.165, 1.54) is 28.0 Å². The second-order valence-corrected chi connectivity index (χ2v) is 6.30. The van der Waals surface area contributed by atoms with Gasteiger partial charge in [0.15, 0.2) is 0 Å². The minimum absolute atomic E-state index is 0.0533. The number of tetrazole rings is 1. The Morgan fingerprint density at radius 1 is 1.23 bits per heavy atom. The number of hydrogen-bond acceptors (Lipinski definition) is 4. The second-order valence-electron chi connectivity index (χ2n) is 5.89. The molecule has 0 fully saturated rings. The van der Waals surface area contributed by atoms with Gasteiger partial charge in [-0.15, -0.1) is 5.10 Å². The van der Waals surface area contributed by atoms with Gasteiger partial charge in [-0.1, -0.05) is 48.0 Å². The van der Waals surface area contributed by atoms with Gasteiger partial charge in [-0.25, -0.2) is 9.07 Å². The van der Waals surface area contributed by atoms with Gasteiger partial charge in [-0.05, 0) is 28.1 Å². The highest BCUT2D eigenvalue weighted by Gasteiger charge is 2.26. The number of rotatable bonds is 6. The molecule has 0 aliphatic rings. The molecule has 1 amide bonds. The zero-order valence-corrected chi connectivity index (χ0v) is 14.8. The van der Waals surface area contributed by atoms with Crippen molar-refractivity contribution in [2.24, 2.45) is 0 Å². The van der Waals surface area contributed by atoms with E-state index < -0.39 is 11.9 Å². The zero-order chi connectivity index (χ0) is 18.5. The molecule has 1 aromatic heterocycles. The first kappa shape index (κ1) is 18.0. The van der Waals surface area contributed by atoms with Gasteiger partial charge in [0.05, 0.1) is 0 Å². The van der Waals surface area contributed by atoms with Crippen molar-refractivity contribution >= 4 is 17.5 Å². The summed E-state index contributed by atoms with van der Waals surface area (Å²) in [4.78, 5) is 14.4. The molecule has 0 spiro atoms. The molecule has 0 saturated carbocycles. The van der Waals surface area contributed by atoms with Crippen LogP contribution in [0.1, 0.15) is 17.2 Å². The molecule has 6 nitrogen and oxygen atoms in total. The largest absolute Gasteiger partial charge is 0.339 e. The summed E-state index contributed by atoms with van der Waals surface area (Å²) >= 11 is 6.07. The third-order valence-electron chi connectivity index (χ3n) is 4.07. The van der Waals surface area contributed by atoms with Crippen LogP contribution >= 0.6 is 11.6 Å². The molecule has 2 aromatic carbocycles. The Morgan fingerprint density at radius 3 is 2.65 bits per heavy atom. The number of aromatic nitrogens is 4. The van der Waals surface area contributed by atoms with Gasteiger partial charge in [-0.3, -0.25) is 4.79 Å². The fourth-order valence-corrected chi connectivity index (χ4v) is 2.92. The molecule has 0 radical (unpaired) electrons. The molecule has 0 bridgehead atoms. The average Bonchev–Trinajstić information content (AvgIpc) is 3.17. The van der Waals surface area contributed by atoms with Crippen molar-refractivity contribution in [3.63, 3.8) is 0 Å². The maximum Gasteiger partial charge on any atom is 0.247 e. The first-order valence-electron chi connectivity index (χ1n) is 8.00. The summed E-state index contributed by atoms with van der Waals surface area (Å²) in [6.07, 6.45) is 1.81. The minimum Gasteiger partial charge on any atom is -0.339 e. The zero-order valence-electron chi connectivity index (χ0n) is 14.1. The van der Waals surface area contributed by atoms with Gasteiger partial charge in [0.1, 0.15) is 18.2 Å². The lowest BCUT2D eigenvalue weighted by Crippen LogP contribution is -2.36. The summed E-state index contributed by atoms with van der Waals surface area (Å²) < 4.78 is 15.4. The molecule has 134 valence electrons. The van der Waals surface area contributed by atoms with Gasteiger partial charge in [0.25, 0.3) is 0 Å². The fourth-order valence-electron chi connectivity index (χ4n) is 2.70. The van der Waals surface area contributed by atoms with Crippen LogP contribution in [0.15, 0.2) is 54.9 Å². The number of likely N-dealkylation sites (N-methyl/N-ethyl adjacent to an activating group) is 1. The molecule has 0 aliphatic carbocycles. The normalized spacial score (nSPS) is 12.0. The summed E-state index contributed by atoms with van der Waals surface area (Å²) in [5.74, 6) is -0.681. The number of amides is 1. The molecule has 8 heteroatoms. The highest BCUT2D eigenvalue weighted by atomic mass is 35.5. The molecular weight excluding hydrogens is 357 g/mol. The van der Waals surface area contributed by atoms with E-state index in [-0.39, 0.29) is 23.0 Å². The average molecular weight is 374 g/mol. The molecule has 0 N–H and O–H groups in total. The smallest absolute Gasteiger partial charge is 0.247 e. The number of halogens is 2. The van der Waals surface area contributed by atoms with Crippen molar-refractivity contribution in [1.82, 2.24) is 25.1 Å². The Labute approximate surface area is 155 Å². The third-order valence-corrected chi connectivity index (χ3v) is 4.43. The van der Waals surface area contributed by atoms with E-state index in [0.717, 1.165) is 5.56 Å². The summed E-state index contributed by atoms with van der Waals surface area (Å²) in [7, 11) is 1.60. The second kappa shape index (κ2) is 8.05. The third kappa shape index (κ3) is 4.05. The fraction of sp³-hybridized carbons (Fsp3) is 0.222. The number of hydrogen-bond donors (Lipinski definition) is 0. The lowest BCUT2D eigenvalue weighted by molar-refractivity contribution is -0.134. The van der Waals surface area contributed by atoms with E-state index in [4.69, 9.17) is 11.6 Å². The van der Waals surface area contributed by atoms with Crippen LogP contribution in [-0.2, 0) is 17.8 Å². The Balaban J connectivity index is 1.83. The van der Waals surface area contributed by atoms with Crippen LogP contribution in [0.4, 0.5) is 4.39 Å². The first-order valence-corrected chi connectivity index (χ1v) is 8.38. The van der Waals surface area contributed by atoms with Crippen molar-refractivity contribution in [3.8, 4) is 0 Å². The van der Waals surface area contributed by atoms with Gasteiger partial charge >= 0.3 is 0 Å². The Hall–Kier alpha value is -2.80. The van der Waals surface area contributed by atoms with E-state index in [2.05, 4.69) is 15.5 Å². The van der Waals surface area contributed by atoms with Crippen molar-refractivity contribution in [2.45, 2.75) is 19.0 Å². The Kier molecular flexibility index (Phi) is 5.58. The van der Waals surface area contributed by atoms with Crippen LogP contribution in [0.25, 0.3) is 0 Å². The lowest BCUT2D eigenvalue weighted by atomic mass is 10.0. The van der Waals surface area contributed by atoms with Crippen LogP contribution < -0.4 is 0 Å². The number of carbonyl (C=O) groups is 1. The summed E-state index contributed by atoms with van der Waals surface area (Å²) in [5.41, 5.74) is 1.25. The predicted octanol–water partition coefficient (Wildman–Crippen LogP) is 2.91. The minimum atomic E-state index is -0.636. The summed E-state index contributed by atoms with van der Waals surface area (Å²) in [6.45, 7) is 0.0533. The van der Waals surface area contributed by atoms with Crippen LogP contribution in [0.5, 0.6) is 0 Å². The standard InChI is InChI=1S/C18H17ClFN5O/c1-24(11-14-15(19)8-5-9-16(14)20)18(26)17(25-12-21-22-23-25)10-13-6-3-2-4-7-13/h2-9,12,17H,10-11H2,1H3/t17-/m0/s1. The number of carbonyl (C=O) groups excluding carboxylic acids is 1. The topological polar surface area (TPSA) is 63.9 Å².